The van der Waals surface area contributed by atoms with E-state index in [2.05, 4.69) is 20.3 Å². The Bertz CT molecular complexity index is 1320. The van der Waals surface area contributed by atoms with Crippen molar-refractivity contribution in [3.05, 3.63) is 76.6 Å². The number of aryl methyl sites for hydroxylation is 1. The first kappa shape index (κ1) is 21.7. The maximum Gasteiger partial charge on any atom is 0.261 e. The zero-order chi connectivity index (χ0) is 22.5. The van der Waals surface area contributed by atoms with Gasteiger partial charge >= 0.3 is 0 Å². The van der Waals surface area contributed by atoms with Crippen molar-refractivity contribution >= 4 is 28.9 Å². The molecule has 0 amide bonds. The highest BCUT2D eigenvalue weighted by molar-refractivity contribution is 7.99. The molecule has 0 aliphatic carbocycles. The van der Waals surface area contributed by atoms with Crippen molar-refractivity contribution in [1.29, 1.82) is 0 Å². The molecule has 4 aromatic rings. The summed E-state index contributed by atoms with van der Waals surface area (Å²) in [6.07, 6.45) is 2.37. The third-order valence-electron chi connectivity index (χ3n) is 4.73. The first-order valence-corrected chi connectivity index (χ1v) is 10.9. The molecule has 1 atom stereocenters. The molecular weight excluding hydrogens is 428 g/mol. The van der Waals surface area contributed by atoms with Gasteiger partial charge in [0.05, 0.1) is 43.2 Å². The van der Waals surface area contributed by atoms with E-state index in [1.165, 1.54) is 22.7 Å². The summed E-state index contributed by atoms with van der Waals surface area (Å²) in [6, 6.07) is 14.7. The SMILES string of the molecule is COc1cccc(C=Nn2c(C)nnc2SCC(O)Cn2cnc3ccccc3c2=O)c1. The summed E-state index contributed by atoms with van der Waals surface area (Å²) in [4.78, 5) is 16.9. The van der Waals surface area contributed by atoms with Crippen molar-refractivity contribution in [2.75, 3.05) is 12.9 Å². The van der Waals surface area contributed by atoms with Gasteiger partial charge in [-0.05, 0) is 36.8 Å². The summed E-state index contributed by atoms with van der Waals surface area (Å²) in [5.41, 5.74) is 1.33. The Hall–Kier alpha value is -3.50. The van der Waals surface area contributed by atoms with Crippen LogP contribution in [0.5, 0.6) is 5.75 Å². The lowest BCUT2D eigenvalue weighted by Crippen LogP contribution is -2.28. The highest BCUT2D eigenvalue weighted by Crippen LogP contribution is 2.19. The van der Waals surface area contributed by atoms with Crippen molar-refractivity contribution in [2.24, 2.45) is 5.10 Å². The van der Waals surface area contributed by atoms with Crippen LogP contribution in [0.3, 0.4) is 0 Å². The Morgan fingerprint density at radius 2 is 2.06 bits per heavy atom. The van der Waals surface area contributed by atoms with Gasteiger partial charge < -0.3 is 9.84 Å². The van der Waals surface area contributed by atoms with Crippen LogP contribution in [0.15, 0.2) is 69.9 Å². The number of hydrogen-bond acceptors (Lipinski definition) is 8. The van der Waals surface area contributed by atoms with E-state index in [1.807, 2.05) is 30.3 Å². The van der Waals surface area contributed by atoms with Crippen molar-refractivity contribution in [3.8, 4) is 5.75 Å². The normalized spacial score (nSPS) is 12.5. The molecule has 0 bridgehead atoms. The number of fused-ring (bicyclic) bond motifs is 1. The predicted octanol–water partition coefficient (Wildman–Crippen LogP) is 2.34. The topological polar surface area (TPSA) is 107 Å². The van der Waals surface area contributed by atoms with Gasteiger partial charge in [0.15, 0.2) is 5.82 Å². The van der Waals surface area contributed by atoms with E-state index < -0.39 is 6.10 Å². The number of nitrogens with zero attached hydrogens (tertiary/aromatic N) is 6. The fourth-order valence-corrected chi connectivity index (χ4v) is 3.94. The molecule has 0 fully saturated rings. The lowest BCUT2D eigenvalue weighted by atomic mass is 10.2. The predicted molar refractivity (Wildman–Crippen MR) is 123 cm³/mol. The van der Waals surface area contributed by atoms with Gasteiger partial charge in [-0.3, -0.25) is 9.36 Å². The number of hydrogen-bond donors (Lipinski definition) is 1. The van der Waals surface area contributed by atoms with E-state index in [9.17, 15) is 9.90 Å². The highest BCUT2D eigenvalue weighted by Gasteiger charge is 2.14. The molecule has 2 heterocycles. The van der Waals surface area contributed by atoms with E-state index in [1.54, 1.807) is 43.1 Å². The Morgan fingerprint density at radius 1 is 1.22 bits per heavy atom. The fraction of sp³-hybridized carbons (Fsp3) is 0.227. The standard InChI is InChI=1S/C22H22N6O3S/c1-15-25-26-22(28(15)24-11-16-6-5-7-18(10-16)31-2)32-13-17(29)12-27-14-23-20-9-4-3-8-19(20)21(27)30/h3-11,14,17,29H,12-13H2,1-2H3. The van der Waals surface area contributed by atoms with Crippen molar-refractivity contribution in [1.82, 2.24) is 24.4 Å². The van der Waals surface area contributed by atoms with Gasteiger partial charge in [-0.1, -0.05) is 36.0 Å². The number of para-hydroxylation sites is 1. The third kappa shape index (κ3) is 4.87. The van der Waals surface area contributed by atoms with Crippen LogP contribution in [0.2, 0.25) is 0 Å². The number of benzene rings is 2. The molecule has 4 rings (SSSR count). The molecule has 1 unspecified atom stereocenters. The molecule has 0 saturated carbocycles. The number of aliphatic hydroxyl groups excluding tert-OH is 1. The number of methoxy groups -OCH3 is 1. The molecular formula is C22H22N6O3S. The van der Waals surface area contributed by atoms with Crippen LogP contribution in [0.25, 0.3) is 10.9 Å². The van der Waals surface area contributed by atoms with Crippen LogP contribution in [-0.4, -0.2) is 54.7 Å². The molecule has 2 aromatic heterocycles. The number of aliphatic hydroxyl groups is 1. The van der Waals surface area contributed by atoms with Gasteiger partial charge in [0.25, 0.3) is 5.56 Å². The molecule has 1 N–H and O–H groups in total. The smallest absolute Gasteiger partial charge is 0.261 e. The van der Waals surface area contributed by atoms with Crippen LogP contribution >= 0.6 is 11.8 Å². The summed E-state index contributed by atoms with van der Waals surface area (Å²) in [6.45, 7) is 1.93. The van der Waals surface area contributed by atoms with E-state index in [4.69, 9.17) is 4.74 Å². The molecule has 32 heavy (non-hydrogen) atoms. The maximum atomic E-state index is 12.6. The third-order valence-corrected chi connectivity index (χ3v) is 5.79. The molecule has 9 nitrogen and oxygen atoms in total. The second-order valence-electron chi connectivity index (χ2n) is 7.05. The van der Waals surface area contributed by atoms with Crippen LogP contribution in [0, 0.1) is 6.92 Å². The first-order valence-electron chi connectivity index (χ1n) is 9.90. The Kier molecular flexibility index (Phi) is 6.62. The lowest BCUT2D eigenvalue weighted by molar-refractivity contribution is 0.176. The molecule has 0 aliphatic heterocycles. The van der Waals surface area contributed by atoms with Crippen LogP contribution < -0.4 is 10.3 Å². The average Bonchev–Trinajstić information content (AvgIpc) is 3.17. The maximum absolute atomic E-state index is 12.6. The van der Waals surface area contributed by atoms with Crippen LogP contribution in [0.4, 0.5) is 0 Å². The lowest BCUT2D eigenvalue weighted by Gasteiger charge is -2.12. The number of rotatable bonds is 8. The summed E-state index contributed by atoms with van der Waals surface area (Å²) in [5.74, 6) is 1.67. The minimum Gasteiger partial charge on any atom is -0.497 e. The van der Waals surface area contributed by atoms with E-state index in [-0.39, 0.29) is 12.1 Å². The van der Waals surface area contributed by atoms with Gasteiger partial charge in [-0.2, -0.15) is 9.78 Å². The monoisotopic (exact) mass is 450 g/mol. The summed E-state index contributed by atoms with van der Waals surface area (Å²) >= 11 is 1.31. The molecule has 0 aliphatic rings. The molecule has 0 saturated heterocycles. The van der Waals surface area contributed by atoms with Crippen LogP contribution in [0.1, 0.15) is 11.4 Å². The molecule has 0 spiro atoms. The van der Waals surface area contributed by atoms with Crippen molar-refractivity contribution in [3.63, 3.8) is 0 Å². The Balaban J connectivity index is 1.44. The highest BCUT2D eigenvalue weighted by atomic mass is 32.2. The molecule has 10 heteroatoms. The minimum atomic E-state index is -0.784. The fourth-order valence-electron chi connectivity index (χ4n) is 3.09. The molecule has 2 aromatic carbocycles. The summed E-state index contributed by atoms with van der Waals surface area (Å²) in [5, 5.41) is 24.3. The van der Waals surface area contributed by atoms with Gasteiger partial charge in [0.2, 0.25) is 5.16 Å². The second kappa shape index (κ2) is 9.75. The van der Waals surface area contributed by atoms with Crippen molar-refractivity contribution in [2.45, 2.75) is 24.7 Å². The number of aromatic nitrogens is 5. The Labute approximate surface area is 188 Å². The van der Waals surface area contributed by atoms with E-state index in [0.29, 0.717) is 27.6 Å². The zero-order valence-corrected chi connectivity index (χ0v) is 18.4. The largest absolute Gasteiger partial charge is 0.497 e. The van der Waals surface area contributed by atoms with E-state index in [0.717, 1.165) is 11.3 Å². The number of thioether (sulfide) groups is 1. The van der Waals surface area contributed by atoms with Gasteiger partial charge in [0.1, 0.15) is 5.75 Å². The molecule has 0 radical (unpaired) electrons. The van der Waals surface area contributed by atoms with Crippen molar-refractivity contribution < 1.29 is 9.84 Å². The Morgan fingerprint density at radius 3 is 2.91 bits per heavy atom. The van der Waals surface area contributed by atoms with Crippen LogP contribution in [-0.2, 0) is 6.54 Å². The summed E-state index contributed by atoms with van der Waals surface area (Å²) in [7, 11) is 1.61. The van der Waals surface area contributed by atoms with Gasteiger partial charge in [-0.15, -0.1) is 10.2 Å². The zero-order valence-electron chi connectivity index (χ0n) is 17.6. The first-order chi connectivity index (χ1) is 15.5. The molecule has 164 valence electrons. The minimum absolute atomic E-state index is 0.129. The van der Waals surface area contributed by atoms with Gasteiger partial charge in [0, 0.05) is 5.75 Å². The average molecular weight is 451 g/mol. The quantitative estimate of drug-likeness (QED) is 0.324. The van der Waals surface area contributed by atoms with E-state index >= 15 is 0 Å². The second-order valence-corrected chi connectivity index (χ2v) is 8.03. The summed E-state index contributed by atoms with van der Waals surface area (Å²) < 4.78 is 8.26. The number of ether oxygens (including phenoxy) is 1. The van der Waals surface area contributed by atoms with Gasteiger partial charge in [-0.25, -0.2) is 4.98 Å².